The zero-order valence-corrected chi connectivity index (χ0v) is 12.1. The maximum absolute atomic E-state index is 6.13. The Morgan fingerprint density at radius 3 is 2.47 bits per heavy atom. The molecule has 19 heavy (non-hydrogen) atoms. The zero-order chi connectivity index (χ0) is 13.8. The summed E-state index contributed by atoms with van der Waals surface area (Å²) in [5.41, 5.74) is -0.591. The fourth-order valence-electron chi connectivity index (χ4n) is 2.59. The Balaban J connectivity index is 1.86. The molecule has 102 valence electrons. The third-order valence-corrected chi connectivity index (χ3v) is 4.62. The molecule has 0 N–H and O–H groups in total. The third-order valence-electron chi connectivity index (χ3n) is 4.62. The van der Waals surface area contributed by atoms with Crippen LogP contribution in [0.15, 0.2) is 12.4 Å². The number of nitrogens with zero attached hydrogens (tertiary/aromatic N) is 3. The van der Waals surface area contributed by atoms with Crippen LogP contribution in [0.4, 0.5) is 0 Å². The first-order valence-corrected chi connectivity index (χ1v) is 6.75. The van der Waals surface area contributed by atoms with Gasteiger partial charge >= 0.3 is 7.12 Å². The summed E-state index contributed by atoms with van der Waals surface area (Å²) in [6.45, 7) is 10.4. The number of allylic oxidation sites excluding steroid dienone is 1. The second kappa shape index (κ2) is 3.93. The summed E-state index contributed by atoms with van der Waals surface area (Å²) in [6.07, 6.45) is 5.63. The Morgan fingerprint density at radius 1 is 1.21 bits per heavy atom. The van der Waals surface area contributed by atoms with Gasteiger partial charge in [0.15, 0.2) is 0 Å². The topological polar surface area (TPSA) is 49.2 Å². The summed E-state index contributed by atoms with van der Waals surface area (Å²) < 4.78 is 14.1. The summed E-state index contributed by atoms with van der Waals surface area (Å²) >= 11 is 0. The predicted octanol–water partition coefficient (Wildman–Crippen LogP) is 2.33. The largest absolute Gasteiger partial charge is 0.466 e. The van der Waals surface area contributed by atoms with Gasteiger partial charge in [0.05, 0.1) is 11.2 Å². The van der Waals surface area contributed by atoms with Crippen molar-refractivity contribution in [2.45, 2.75) is 57.6 Å². The summed E-state index contributed by atoms with van der Waals surface area (Å²) in [7, 11) is -0.235. The molecule has 0 radical (unpaired) electrons. The van der Waals surface area contributed by atoms with Crippen molar-refractivity contribution in [2.75, 3.05) is 0 Å². The lowest BCUT2D eigenvalue weighted by atomic mass is 9.64. The molecule has 0 saturated carbocycles. The first-order valence-electron chi connectivity index (χ1n) is 6.75. The van der Waals surface area contributed by atoms with Gasteiger partial charge in [-0.3, -0.25) is 0 Å². The van der Waals surface area contributed by atoms with Crippen molar-refractivity contribution in [2.24, 2.45) is 0 Å². The lowest BCUT2D eigenvalue weighted by molar-refractivity contribution is 0.00578. The van der Waals surface area contributed by atoms with E-state index in [9.17, 15) is 0 Å². The second-order valence-electron chi connectivity index (χ2n) is 6.40. The van der Waals surface area contributed by atoms with E-state index in [1.807, 2.05) is 10.9 Å². The highest BCUT2D eigenvalue weighted by molar-refractivity contribution is 6.48. The van der Waals surface area contributed by atoms with Gasteiger partial charge < -0.3 is 9.31 Å². The Kier molecular flexibility index (Phi) is 2.66. The van der Waals surface area contributed by atoms with E-state index in [4.69, 9.17) is 9.31 Å². The fraction of sp³-hybridized carbons (Fsp3) is 0.692. The van der Waals surface area contributed by atoms with Crippen LogP contribution in [0.2, 0.25) is 5.82 Å². The van der Waals surface area contributed by atoms with Crippen molar-refractivity contribution >= 4 is 13.3 Å². The van der Waals surface area contributed by atoms with Crippen LogP contribution in [-0.4, -0.2) is 33.1 Å². The molecule has 1 aromatic rings. The van der Waals surface area contributed by atoms with Crippen LogP contribution in [-0.2, 0) is 9.31 Å². The van der Waals surface area contributed by atoms with E-state index in [2.05, 4.69) is 50.8 Å². The SMILES string of the molecule is CC1c2ncnn2C=CC1B1OC(C)(C)C(C)(C)O1. The molecular weight excluding hydrogens is 241 g/mol. The third kappa shape index (κ3) is 1.85. The minimum absolute atomic E-state index is 0.165. The van der Waals surface area contributed by atoms with Crippen molar-refractivity contribution in [3.8, 4) is 0 Å². The van der Waals surface area contributed by atoms with E-state index in [0.717, 1.165) is 5.82 Å². The average Bonchev–Trinajstić information content (AvgIpc) is 2.83. The Bertz CT molecular complexity index is 508. The standard InChI is InChI=1S/C13H20BN3O2/c1-9-10(6-7-17-11(9)15-8-16-17)14-18-12(2,3)13(4,5)19-14/h6-10H,1-5H3. The molecule has 1 fully saturated rings. The average molecular weight is 261 g/mol. The molecule has 3 rings (SSSR count). The van der Waals surface area contributed by atoms with Gasteiger partial charge in [0, 0.05) is 17.9 Å². The summed E-state index contributed by atoms with van der Waals surface area (Å²) in [4.78, 5) is 4.32. The molecule has 2 aliphatic heterocycles. The molecule has 0 amide bonds. The lowest BCUT2D eigenvalue weighted by Gasteiger charge is -2.32. The number of rotatable bonds is 1. The number of aromatic nitrogens is 3. The maximum atomic E-state index is 6.13. The van der Waals surface area contributed by atoms with Crippen LogP contribution >= 0.6 is 0 Å². The van der Waals surface area contributed by atoms with E-state index in [1.165, 1.54) is 0 Å². The van der Waals surface area contributed by atoms with Gasteiger partial charge in [-0.05, 0) is 27.7 Å². The quantitative estimate of drug-likeness (QED) is 0.728. The summed E-state index contributed by atoms with van der Waals surface area (Å²) in [5, 5.41) is 4.16. The molecule has 5 nitrogen and oxygen atoms in total. The molecule has 3 heterocycles. The Morgan fingerprint density at radius 2 is 1.84 bits per heavy atom. The van der Waals surface area contributed by atoms with E-state index in [0.29, 0.717) is 0 Å². The van der Waals surface area contributed by atoms with Gasteiger partial charge in [0.25, 0.3) is 0 Å². The molecule has 2 aliphatic rings. The summed E-state index contributed by atoms with van der Waals surface area (Å²) in [6, 6.07) is 0. The molecule has 1 aromatic heterocycles. The zero-order valence-electron chi connectivity index (χ0n) is 12.1. The molecule has 0 bridgehead atoms. The molecule has 6 heteroatoms. The first-order chi connectivity index (χ1) is 8.82. The highest BCUT2D eigenvalue weighted by atomic mass is 16.7. The van der Waals surface area contributed by atoms with E-state index >= 15 is 0 Å². The maximum Gasteiger partial charge on any atom is 0.466 e. The molecule has 0 aliphatic carbocycles. The smallest absolute Gasteiger partial charge is 0.403 e. The van der Waals surface area contributed by atoms with E-state index in [1.54, 1.807) is 6.33 Å². The molecule has 0 spiro atoms. The second-order valence-corrected chi connectivity index (χ2v) is 6.40. The van der Waals surface area contributed by atoms with Crippen LogP contribution in [0.1, 0.15) is 46.4 Å². The minimum Gasteiger partial charge on any atom is -0.403 e. The number of hydrogen-bond donors (Lipinski definition) is 0. The van der Waals surface area contributed by atoms with E-state index < -0.39 is 0 Å². The lowest BCUT2D eigenvalue weighted by Crippen LogP contribution is -2.41. The van der Waals surface area contributed by atoms with Gasteiger partial charge in [0.1, 0.15) is 12.2 Å². The van der Waals surface area contributed by atoms with Gasteiger partial charge in [-0.1, -0.05) is 13.0 Å². The normalized spacial score (nSPS) is 31.5. The Hall–Kier alpha value is -1.14. The summed E-state index contributed by atoms with van der Waals surface area (Å²) in [5.74, 6) is 1.35. The molecule has 0 aromatic carbocycles. The van der Waals surface area contributed by atoms with Gasteiger partial charge in [-0.2, -0.15) is 5.10 Å². The molecule has 2 atom stereocenters. The van der Waals surface area contributed by atoms with Gasteiger partial charge in [-0.15, -0.1) is 0 Å². The van der Waals surface area contributed by atoms with Crippen LogP contribution in [0.3, 0.4) is 0 Å². The molecule has 1 saturated heterocycles. The van der Waals surface area contributed by atoms with Crippen LogP contribution in [0.5, 0.6) is 0 Å². The van der Waals surface area contributed by atoms with Crippen molar-refractivity contribution in [1.82, 2.24) is 14.8 Å². The first kappa shape index (κ1) is 12.9. The fourth-order valence-corrected chi connectivity index (χ4v) is 2.59. The van der Waals surface area contributed by atoms with Gasteiger partial charge in [0.2, 0.25) is 0 Å². The highest BCUT2D eigenvalue weighted by Crippen LogP contribution is 2.45. The number of hydrogen-bond acceptors (Lipinski definition) is 4. The van der Waals surface area contributed by atoms with E-state index in [-0.39, 0.29) is 30.1 Å². The van der Waals surface area contributed by atoms with Gasteiger partial charge in [-0.25, -0.2) is 9.67 Å². The molecular formula is C13H20BN3O2. The monoisotopic (exact) mass is 261 g/mol. The van der Waals surface area contributed by atoms with Crippen LogP contribution < -0.4 is 0 Å². The van der Waals surface area contributed by atoms with Crippen LogP contribution in [0, 0.1) is 0 Å². The molecule has 2 unspecified atom stereocenters. The highest BCUT2D eigenvalue weighted by Gasteiger charge is 2.54. The van der Waals surface area contributed by atoms with Crippen molar-refractivity contribution in [3.05, 3.63) is 18.2 Å². The van der Waals surface area contributed by atoms with Crippen molar-refractivity contribution in [3.63, 3.8) is 0 Å². The van der Waals surface area contributed by atoms with Crippen molar-refractivity contribution in [1.29, 1.82) is 0 Å². The van der Waals surface area contributed by atoms with Crippen molar-refractivity contribution < 1.29 is 9.31 Å². The number of fused-ring (bicyclic) bond motifs is 1. The van der Waals surface area contributed by atoms with Crippen LogP contribution in [0.25, 0.3) is 6.20 Å². The minimum atomic E-state index is -0.295. The predicted molar refractivity (Wildman–Crippen MR) is 73.6 cm³/mol. The Labute approximate surface area is 114 Å².